The number of fused-ring (bicyclic) bond motifs is 1. The van der Waals surface area contributed by atoms with E-state index in [1.807, 2.05) is 0 Å². The summed E-state index contributed by atoms with van der Waals surface area (Å²) in [6.45, 7) is 0.874. The number of carbonyl (C=O) groups is 3. The number of piperazine rings is 1. The van der Waals surface area contributed by atoms with Crippen molar-refractivity contribution in [2.75, 3.05) is 25.1 Å². The number of nitrogens with zero attached hydrogens (tertiary/aromatic N) is 3. The van der Waals surface area contributed by atoms with E-state index in [1.54, 1.807) is 0 Å². The Bertz CT molecular complexity index is 1700. The molecule has 1 fully saturated rings. The van der Waals surface area contributed by atoms with Crippen molar-refractivity contribution < 1.29 is 46.9 Å². The van der Waals surface area contributed by atoms with E-state index in [9.17, 15) is 37.5 Å². The first kappa shape index (κ1) is 32.4. The van der Waals surface area contributed by atoms with Crippen molar-refractivity contribution in [2.24, 2.45) is 0 Å². The van der Waals surface area contributed by atoms with Gasteiger partial charge < -0.3 is 34.6 Å². The summed E-state index contributed by atoms with van der Waals surface area (Å²) in [6, 6.07) is 3.28. The summed E-state index contributed by atoms with van der Waals surface area (Å²) >= 11 is 5.80. The number of methoxy groups -OCH3 is 1. The van der Waals surface area contributed by atoms with Gasteiger partial charge in [-0.1, -0.05) is 17.7 Å². The molecule has 1 aliphatic rings. The van der Waals surface area contributed by atoms with Gasteiger partial charge in [0.05, 0.1) is 18.0 Å². The Morgan fingerprint density at radius 3 is 2.32 bits per heavy atom. The van der Waals surface area contributed by atoms with E-state index in [4.69, 9.17) is 21.4 Å². The number of phenolic OH excluding ortho intramolecular Hbond substituents is 1. The fourth-order valence-corrected chi connectivity index (χ4v) is 5.60. The highest BCUT2D eigenvalue weighted by Gasteiger charge is 2.38. The summed E-state index contributed by atoms with van der Waals surface area (Å²) in [5, 5.41) is 21.2. The number of phenols is 1. The summed E-state index contributed by atoms with van der Waals surface area (Å²) in [4.78, 5) is 52.5. The molecule has 0 spiro atoms. The first-order chi connectivity index (χ1) is 20.5. The molecule has 0 radical (unpaired) electrons. The van der Waals surface area contributed by atoms with Gasteiger partial charge in [0.1, 0.15) is 23.5 Å². The molecule has 11 nitrogen and oxygen atoms in total. The average molecular weight is 643 g/mol. The molecule has 2 atom stereocenters. The first-order valence-electron chi connectivity index (χ1n) is 13.1. The van der Waals surface area contributed by atoms with Gasteiger partial charge in [-0.05, 0) is 32.0 Å². The normalized spacial score (nSPS) is 17.1. The fraction of sp³-hybridized carbons (Fsp3) is 0.357. The van der Waals surface area contributed by atoms with E-state index in [0.717, 1.165) is 12.0 Å². The maximum absolute atomic E-state index is 15.8. The number of ether oxygens (including phenoxy) is 1. The molecule has 16 heteroatoms. The number of anilines is 1. The zero-order valence-electron chi connectivity index (χ0n) is 23.5. The Hall–Kier alpha value is -4.53. The molecule has 236 valence electrons. The molecule has 3 N–H and O–H groups in total. The largest absolute Gasteiger partial charge is 0.508 e. The van der Waals surface area contributed by atoms with Gasteiger partial charge in [-0.25, -0.2) is 9.18 Å². The zero-order valence-corrected chi connectivity index (χ0v) is 24.3. The lowest BCUT2D eigenvalue weighted by atomic mass is 10.0. The minimum atomic E-state index is -4.84. The third-order valence-electron chi connectivity index (χ3n) is 7.18. The van der Waals surface area contributed by atoms with Gasteiger partial charge in [0.25, 0.3) is 5.91 Å². The Balaban J connectivity index is 1.82. The standard InChI is InChI=1S/C28H27ClF4N4O7/c1-13-9-35(10-14(2)37(13)26(41)27(42)43)22-19(30)7-17-21(24(22)44-3)36(12-28(31,32)33)11-18(23(17)39)25(40)34-8-15-4-5-16(29)6-20(15)38/h4-7,11,13-14,38H,8-10,12H2,1-3H3,(H,34,40)(H,42,43). The van der Waals surface area contributed by atoms with Crippen LogP contribution >= 0.6 is 11.6 Å². The van der Waals surface area contributed by atoms with Crippen LogP contribution in [0.3, 0.4) is 0 Å². The van der Waals surface area contributed by atoms with E-state index in [0.29, 0.717) is 16.8 Å². The SMILES string of the molecule is COc1c(N2CC(C)N(C(=O)C(=O)O)C(C)C2)c(F)cc2c(=O)c(C(=O)NCc3ccc(Cl)cc3O)cn(CC(F)(F)F)c12. The second-order valence-electron chi connectivity index (χ2n) is 10.3. The van der Waals surface area contributed by atoms with E-state index < -0.39 is 76.1 Å². The average Bonchev–Trinajstić information content (AvgIpc) is 2.91. The highest BCUT2D eigenvalue weighted by atomic mass is 35.5. The smallest absolute Gasteiger partial charge is 0.406 e. The number of hydrogen-bond acceptors (Lipinski definition) is 7. The number of aliphatic carboxylic acids is 1. The van der Waals surface area contributed by atoms with Crippen LogP contribution in [0.5, 0.6) is 11.5 Å². The van der Waals surface area contributed by atoms with Crippen LogP contribution in [0.4, 0.5) is 23.2 Å². The maximum Gasteiger partial charge on any atom is 0.406 e. The lowest BCUT2D eigenvalue weighted by Crippen LogP contribution is -2.60. The van der Waals surface area contributed by atoms with E-state index >= 15 is 4.39 Å². The Morgan fingerprint density at radius 2 is 1.77 bits per heavy atom. The maximum atomic E-state index is 15.8. The quantitative estimate of drug-likeness (QED) is 0.274. The number of carboxylic acids is 1. The predicted octanol–water partition coefficient (Wildman–Crippen LogP) is 3.51. The number of aromatic hydroxyl groups is 1. The Kier molecular flexibility index (Phi) is 9.00. The Labute approximate surface area is 252 Å². The molecule has 1 aliphatic heterocycles. The number of carboxylic acid groups (broad SMARTS) is 1. The number of halogens is 5. The monoisotopic (exact) mass is 642 g/mol. The van der Waals surface area contributed by atoms with Gasteiger partial charge in [0, 0.05) is 48.5 Å². The molecular weight excluding hydrogens is 616 g/mol. The third kappa shape index (κ3) is 6.37. The molecular formula is C28H27ClF4N4O7. The molecule has 0 saturated carbocycles. The second kappa shape index (κ2) is 12.2. The number of benzene rings is 2. The van der Waals surface area contributed by atoms with Gasteiger partial charge in [-0.3, -0.25) is 14.4 Å². The highest BCUT2D eigenvalue weighted by molar-refractivity contribution is 6.31. The minimum Gasteiger partial charge on any atom is -0.508 e. The van der Waals surface area contributed by atoms with Crippen LogP contribution in [-0.4, -0.2) is 75.9 Å². The number of nitrogens with one attached hydrogen (secondary N) is 1. The van der Waals surface area contributed by atoms with Crippen LogP contribution < -0.4 is 20.4 Å². The molecule has 0 aliphatic carbocycles. The number of hydrogen-bond donors (Lipinski definition) is 3. The third-order valence-corrected chi connectivity index (χ3v) is 7.42. The Morgan fingerprint density at radius 1 is 1.14 bits per heavy atom. The molecule has 1 saturated heterocycles. The van der Waals surface area contributed by atoms with Crippen LogP contribution in [0, 0.1) is 5.82 Å². The zero-order chi connectivity index (χ0) is 32.7. The molecule has 44 heavy (non-hydrogen) atoms. The van der Waals surface area contributed by atoms with Gasteiger partial charge in [-0.15, -0.1) is 0 Å². The summed E-state index contributed by atoms with van der Waals surface area (Å²) in [5.74, 6) is -5.64. The van der Waals surface area contributed by atoms with E-state index in [2.05, 4.69) is 5.32 Å². The molecule has 2 unspecified atom stereocenters. The topological polar surface area (TPSA) is 141 Å². The van der Waals surface area contributed by atoms with Crippen molar-refractivity contribution in [3.63, 3.8) is 0 Å². The van der Waals surface area contributed by atoms with Crippen molar-refractivity contribution in [2.45, 2.75) is 45.2 Å². The lowest BCUT2D eigenvalue weighted by molar-refractivity contribution is -0.158. The number of rotatable bonds is 6. The molecule has 3 aromatic rings. The molecule has 2 aromatic carbocycles. The van der Waals surface area contributed by atoms with Crippen LogP contribution in [0.15, 0.2) is 35.3 Å². The van der Waals surface area contributed by atoms with Crippen LogP contribution in [0.1, 0.15) is 29.8 Å². The fourth-order valence-electron chi connectivity index (χ4n) is 5.43. The van der Waals surface area contributed by atoms with Gasteiger partial charge in [0.2, 0.25) is 5.43 Å². The molecule has 2 heterocycles. The second-order valence-corrected chi connectivity index (χ2v) is 10.8. The first-order valence-corrected chi connectivity index (χ1v) is 13.5. The van der Waals surface area contributed by atoms with E-state index in [1.165, 1.54) is 36.9 Å². The highest BCUT2D eigenvalue weighted by Crippen LogP contribution is 2.40. The summed E-state index contributed by atoms with van der Waals surface area (Å²) < 4.78 is 63.0. The molecule has 2 amide bonds. The van der Waals surface area contributed by atoms with Gasteiger partial charge in [-0.2, -0.15) is 13.2 Å². The molecule has 0 bridgehead atoms. The van der Waals surface area contributed by atoms with Gasteiger partial charge in [0.15, 0.2) is 11.6 Å². The molecule has 4 rings (SSSR count). The number of aromatic nitrogens is 1. The van der Waals surface area contributed by atoms with Crippen molar-refractivity contribution in [1.82, 2.24) is 14.8 Å². The minimum absolute atomic E-state index is 0.107. The number of pyridine rings is 1. The number of alkyl halides is 3. The molecule has 1 aromatic heterocycles. The van der Waals surface area contributed by atoms with E-state index in [-0.39, 0.29) is 41.7 Å². The van der Waals surface area contributed by atoms with Crippen LogP contribution in [-0.2, 0) is 22.7 Å². The number of carbonyl (C=O) groups excluding carboxylic acids is 2. The van der Waals surface area contributed by atoms with Crippen molar-refractivity contribution >= 4 is 46.0 Å². The number of amides is 2. The summed E-state index contributed by atoms with van der Waals surface area (Å²) in [7, 11) is 1.08. The predicted molar refractivity (Wildman–Crippen MR) is 151 cm³/mol. The van der Waals surface area contributed by atoms with Crippen molar-refractivity contribution in [3.05, 3.63) is 62.7 Å². The van der Waals surface area contributed by atoms with Crippen molar-refractivity contribution in [3.8, 4) is 11.5 Å². The summed E-state index contributed by atoms with van der Waals surface area (Å²) in [6.07, 6.45) is -4.13. The summed E-state index contributed by atoms with van der Waals surface area (Å²) in [5.41, 5.74) is -2.30. The van der Waals surface area contributed by atoms with Crippen LogP contribution in [0.25, 0.3) is 10.9 Å². The lowest BCUT2D eigenvalue weighted by Gasteiger charge is -2.45. The van der Waals surface area contributed by atoms with Crippen molar-refractivity contribution in [1.29, 1.82) is 0 Å². The van der Waals surface area contributed by atoms with Gasteiger partial charge >= 0.3 is 18.1 Å². The van der Waals surface area contributed by atoms with Crippen LogP contribution in [0.2, 0.25) is 5.02 Å².